The number of carbonyl (C=O) groups is 2. The van der Waals surface area contributed by atoms with Gasteiger partial charge in [-0.05, 0) is 31.6 Å². The Morgan fingerprint density at radius 1 is 1.43 bits per heavy atom. The third-order valence-corrected chi connectivity index (χ3v) is 1.96. The van der Waals surface area contributed by atoms with Crippen molar-refractivity contribution in [3.05, 3.63) is 23.4 Å². The maximum absolute atomic E-state index is 10.9. The summed E-state index contributed by atoms with van der Waals surface area (Å²) in [6.07, 6.45) is 2.87. The first-order chi connectivity index (χ1) is 6.35. The van der Waals surface area contributed by atoms with Crippen molar-refractivity contribution in [2.24, 2.45) is 0 Å². The minimum absolute atomic E-state index is 0.102. The van der Waals surface area contributed by atoms with E-state index in [4.69, 9.17) is 10.2 Å². The molecule has 0 radical (unpaired) electrons. The highest BCUT2D eigenvalue weighted by Crippen LogP contribution is 2.18. The van der Waals surface area contributed by atoms with Crippen LogP contribution in [0.3, 0.4) is 0 Å². The van der Waals surface area contributed by atoms with Crippen molar-refractivity contribution in [2.75, 3.05) is 0 Å². The molecule has 0 aromatic rings. The van der Waals surface area contributed by atoms with Crippen LogP contribution in [0.2, 0.25) is 0 Å². The summed E-state index contributed by atoms with van der Waals surface area (Å²) in [4.78, 5) is 21.5. The number of hydrogen-bond acceptors (Lipinski definition) is 3. The molecule has 0 spiro atoms. The molecule has 1 aliphatic heterocycles. The average Bonchev–Trinajstić information content (AvgIpc) is 2.02. The van der Waals surface area contributed by atoms with Gasteiger partial charge in [-0.2, -0.15) is 0 Å². The summed E-state index contributed by atoms with van der Waals surface area (Å²) in [6, 6.07) is 0. The minimum Gasteiger partial charge on any atom is -0.479 e. The zero-order valence-corrected chi connectivity index (χ0v) is 7.87. The van der Waals surface area contributed by atoms with Gasteiger partial charge in [-0.25, -0.2) is 9.59 Å². The molecule has 1 atom stereocenters. The van der Waals surface area contributed by atoms with E-state index in [-0.39, 0.29) is 5.70 Å². The summed E-state index contributed by atoms with van der Waals surface area (Å²) in [6.45, 7) is 3.07. The molecule has 0 fully saturated rings. The highest BCUT2D eigenvalue weighted by atomic mass is 16.4. The first-order valence-electron chi connectivity index (χ1n) is 4.01. The molecule has 0 aliphatic carbocycles. The highest BCUT2D eigenvalue weighted by molar-refractivity contribution is 5.91. The van der Waals surface area contributed by atoms with E-state index in [1.807, 2.05) is 0 Å². The number of rotatable bonds is 2. The van der Waals surface area contributed by atoms with Crippen LogP contribution >= 0.6 is 0 Å². The Morgan fingerprint density at radius 3 is 2.43 bits per heavy atom. The number of carboxylic acids is 2. The Bertz CT molecular complexity index is 356. The van der Waals surface area contributed by atoms with Gasteiger partial charge in [-0.3, -0.25) is 0 Å². The number of hydrogen-bond donors (Lipinski definition) is 3. The van der Waals surface area contributed by atoms with Crippen molar-refractivity contribution in [1.82, 2.24) is 5.32 Å². The Morgan fingerprint density at radius 2 is 2.00 bits per heavy atom. The van der Waals surface area contributed by atoms with Gasteiger partial charge in [0, 0.05) is 0 Å². The molecule has 1 rings (SSSR count). The number of carboxylic acid groups (broad SMARTS) is 2. The summed E-state index contributed by atoms with van der Waals surface area (Å²) in [5.74, 6) is -2.27. The zero-order chi connectivity index (χ0) is 10.9. The van der Waals surface area contributed by atoms with Gasteiger partial charge in [0.15, 0.2) is 5.54 Å². The Labute approximate surface area is 80.7 Å². The molecule has 0 saturated carbocycles. The van der Waals surface area contributed by atoms with Crippen LogP contribution in [0, 0.1) is 0 Å². The monoisotopic (exact) mass is 197 g/mol. The van der Waals surface area contributed by atoms with Crippen LogP contribution in [-0.4, -0.2) is 27.7 Å². The van der Waals surface area contributed by atoms with Crippen LogP contribution in [0.15, 0.2) is 23.4 Å². The number of nitrogens with one attached hydrogen (secondary N) is 1. The van der Waals surface area contributed by atoms with Crippen LogP contribution in [0.1, 0.15) is 13.8 Å². The van der Waals surface area contributed by atoms with Crippen molar-refractivity contribution in [1.29, 1.82) is 0 Å². The van der Waals surface area contributed by atoms with Crippen molar-refractivity contribution < 1.29 is 19.8 Å². The van der Waals surface area contributed by atoms with Gasteiger partial charge < -0.3 is 15.5 Å². The lowest BCUT2D eigenvalue weighted by Crippen LogP contribution is -2.50. The molecule has 1 heterocycles. The largest absolute Gasteiger partial charge is 0.479 e. The van der Waals surface area contributed by atoms with Crippen LogP contribution in [0.25, 0.3) is 0 Å². The van der Waals surface area contributed by atoms with Crippen LogP contribution in [-0.2, 0) is 9.59 Å². The zero-order valence-electron chi connectivity index (χ0n) is 7.87. The number of aliphatic carboxylic acids is 2. The fraction of sp³-hybridized carbons (Fsp3) is 0.333. The van der Waals surface area contributed by atoms with Gasteiger partial charge in [-0.1, -0.05) is 0 Å². The molecule has 0 aromatic heterocycles. The lowest BCUT2D eigenvalue weighted by Gasteiger charge is -2.27. The van der Waals surface area contributed by atoms with E-state index in [1.165, 1.54) is 19.1 Å². The molecule has 76 valence electrons. The third kappa shape index (κ3) is 1.76. The van der Waals surface area contributed by atoms with Crippen molar-refractivity contribution in [2.45, 2.75) is 19.4 Å². The smallest absolute Gasteiger partial charge is 0.351 e. The van der Waals surface area contributed by atoms with Crippen molar-refractivity contribution in [3.8, 4) is 0 Å². The molecule has 3 N–H and O–H groups in total. The van der Waals surface area contributed by atoms with Gasteiger partial charge in [-0.15, -0.1) is 0 Å². The van der Waals surface area contributed by atoms with Crippen LogP contribution in [0.5, 0.6) is 0 Å². The Kier molecular flexibility index (Phi) is 2.33. The molecule has 5 nitrogen and oxygen atoms in total. The van der Waals surface area contributed by atoms with E-state index in [0.717, 1.165) is 0 Å². The molecular weight excluding hydrogens is 186 g/mol. The van der Waals surface area contributed by atoms with E-state index in [2.05, 4.69) is 5.32 Å². The van der Waals surface area contributed by atoms with Crippen molar-refractivity contribution in [3.63, 3.8) is 0 Å². The Balaban J connectivity index is 3.08. The van der Waals surface area contributed by atoms with Crippen molar-refractivity contribution >= 4 is 11.9 Å². The lowest BCUT2D eigenvalue weighted by atomic mass is 9.95. The molecule has 5 heteroatoms. The first kappa shape index (κ1) is 10.3. The van der Waals surface area contributed by atoms with Gasteiger partial charge >= 0.3 is 11.9 Å². The number of allylic oxidation sites excluding steroid dienone is 2. The molecule has 1 unspecified atom stereocenters. The third-order valence-electron chi connectivity index (χ3n) is 1.96. The average molecular weight is 197 g/mol. The van der Waals surface area contributed by atoms with Gasteiger partial charge in [0.1, 0.15) is 5.70 Å². The normalized spacial score (nSPS) is 25.9. The van der Waals surface area contributed by atoms with Crippen LogP contribution in [0.4, 0.5) is 0 Å². The van der Waals surface area contributed by atoms with E-state index in [0.29, 0.717) is 5.57 Å². The molecular formula is C9H11NO4. The molecule has 0 amide bonds. The summed E-state index contributed by atoms with van der Waals surface area (Å²) in [7, 11) is 0. The number of dihydropyridines is 1. The first-order valence-corrected chi connectivity index (χ1v) is 4.01. The second-order valence-corrected chi connectivity index (χ2v) is 3.38. The molecule has 14 heavy (non-hydrogen) atoms. The highest BCUT2D eigenvalue weighted by Gasteiger charge is 2.34. The summed E-state index contributed by atoms with van der Waals surface area (Å²) < 4.78 is 0. The summed E-state index contributed by atoms with van der Waals surface area (Å²) >= 11 is 0. The fourth-order valence-corrected chi connectivity index (χ4v) is 1.31. The summed E-state index contributed by atoms with van der Waals surface area (Å²) in [5.41, 5.74) is -0.826. The molecule has 1 aliphatic rings. The maximum atomic E-state index is 10.9. The second kappa shape index (κ2) is 3.17. The van der Waals surface area contributed by atoms with E-state index < -0.39 is 17.5 Å². The van der Waals surface area contributed by atoms with E-state index in [1.54, 1.807) is 6.92 Å². The standard InChI is InChI=1S/C9H11NO4/c1-5-3-6(7(11)12)10-9(2,4-5)8(13)14/h3-4,10H,1-2H3,(H,11,12)(H,13,14). The lowest BCUT2D eigenvalue weighted by molar-refractivity contribution is -0.142. The van der Waals surface area contributed by atoms with Gasteiger partial charge in [0.2, 0.25) is 0 Å². The van der Waals surface area contributed by atoms with Gasteiger partial charge in [0.05, 0.1) is 0 Å². The van der Waals surface area contributed by atoms with E-state index in [9.17, 15) is 9.59 Å². The molecule has 0 aromatic carbocycles. The molecule has 0 saturated heterocycles. The van der Waals surface area contributed by atoms with Gasteiger partial charge in [0.25, 0.3) is 0 Å². The quantitative estimate of drug-likeness (QED) is 0.594. The predicted molar refractivity (Wildman–Crippen MR) is 48.7 cm³/mol. The van der Waals surface area contributed by atoms with E-state index >= 15 is 0 Å². The fourth-order valence-electron chi connectivity index (χ4n) is 1.31. The minimum atomic E-state index is -1.34. The molecule has 0 bridgehead atoms. The SMILES string of the molecule is CC1=CC(C)(C(=O)O)NC(C(=O)O)=C1. The predicted octanol–water partition coefficient (Wildman–Crippen LogP) is 0.348. The van der Waals surface area contributed by atoms with Crippen LogP contribution < -0.4 is 5.32 Å². The summed E-state index contributed by atoms with van der Waals surface area (Å²) in [5, 5.41) is 20.1. The maximum Gasteiger partial charge on any atom is 0.351 e. The second-order valence-electron chi connectivity index (χ2n) is 3.38. The Hall–Kier alpha value is -1.78. The topological polar surface area (TPSA) is 86.6 Å².